The average molecular weight is 312 g/mol. The zero-order valence-electron chi connectivity index (χ0n) is 8.84. The number of alkyl halides is 3. The van der Waals surface area contributed by atoms with Crippen LogP contribution >= 0.6 is 15.9 Å². The molecular weight excluding hydrogens is 303 g/mol. The van der Waals surface area contributed by atoms with E-state index in [-0.39, 0.29) is 22.9 Å². The van der Waals surface area contributed by atoms with Gasteiger partial charge in [-0.1, -0.05) is 15.9 Å². The predicted octanol–water partition coefficient (Wildman–Crippen LogP) is 2.77. The fourth-order valence-electron chi connectivity index (χ4n) is 1.25. The van der Waals surface area contributed by atoms with Gasteiger partial charge in [0.2, 0.25) is 0 Å². The van der Waals surface area contributed by atoms with Crippen LogP contribution in [-0.4, -0.2) is 18.1 Å². The summed E-state index contributed by atoms with van der Waals surface area (Å²) in [6.07, 6.45) is -2.12. The van der Waals surface area contributed by atoms with Crippen LogP contribution in [0.15, 0.2) is 6.20 Å². The van der Waals surface area contributed by atoms with Gasteiger partial charge >= 0.3 is 5.97 Å². The standard InChI is InChI=1S/C10H9BrF3NO2/c1-17-7(16)2-5-4-15-9(10(13)14)8(12)6(5)3-11/h4,10H,2-3H2,1H3. The third-order valence-corrected chi connectivity index (χ3v) is 2.70. The van der Waals surface area contributed by atoms with Crippen LogP contribution in [-0.2, 0) is 21.3 Å². The number of methoxy groups -OCH3 is 1. The second-order valence-electron chi connectivity index (χ2n) is 3.15. The molecule has 0 aliphatic heterocycles. The topological polar surface area (TPSA) is 39.2 Å². The molecule has 3 nitrogen and oxygen atoms in total. The fraction of sp³-hybridized carbons (Fsp3) is 0.400. The normalized spacial score (nSPS) is 10.7. The van der Waals surface area contributed by atoms with Crippen LogP contribution in [0.5, 0.6) is 0 Å². The Morgan fingerprint density at radius 1 is 1.59 bits per heavy atom. The van der Waals surface area contributed by atoms with Crippen molar-refractivity contribution in [1.82, 2.24) is 4.98 Å². The summed E-state index contributed by atoms with van der Waals surface area (Å²) in [5.41, 5.74) is -0.676. The molecule has 1 aromatic rings. The highest BCUT2D eigenvalue weighted by Crippen LogP contribution is 2.25. The molecule has 94 valence electrons. The number of carbonyl (C=O) groups is 1. The lowest BCUT2D eigenvalue weighted by atomic mass is 10.1. The second kappa shape index (κ2) is 6.00. The van der Waals surface area contributed by atoms with Gasteiger partial charge in [0.15, 0.2) is 5.82 Å². The molecule has 0 radical (unpaired) electrons. The van der Waals surface area contributed by atoms with Crippen molar-refractivity contribution < 1.29 is 22.7 Å². The number of halogens is 4. The molecule has 17 heavy (non-hydrogen) atoms. The Morgan fingerprint density at radius 3 is 2.71 bits per heavy atom. The van der Waals surface area contributed by atoms with Crippen LogP contribution < -0.4 is 0 Å². The van der Waals surface area contributed by atoms with Crippen molar-refractivity contribution in [1.29, 1.82) is 0 Å². The lowest BCUT2D eigenvalue weighted by Gasteiger charge is -2.10. The van der Waals surface area contributed by atoms with E-state index in [0.29, 0.717) is 0 Å². The Kier molecular flexibility index (Phi) is 4.92. The summed E-state index contributed by atoms with van der Waals surface area (Å²) < 4.78 is 42.8. The number of aromatic nitrogens is 1. The van der Waals surface area contributed by atoms with E-state index in [9.17, 15) is 18.0 Å². The van der Waals surface area contributed by atoms with E-state index in [0.717, 1.165) is 6.20 Å². The summed E-state index contributed by atoms with van der Waals surface area (Å²) in [5, 5.41) is 0.0212. The van der Waals surface area contributed by atoms with Crippen LogP contribution in [0.4, 0.5) is 13.2 Å². The molecule has 1 aromatic heterocycles. The summed E-state index contributed by atoms with van der Waals surface area (Å²) in [4.78, 5) is 14.4. The number of rotatable bonds is 4. The summed E-state index contributed by atoms with van der Waals surface area (Å²) in [6.45, 7) is 0. The van der Waals surface area contributed by atoms with Crippen molar-refractivity contribution in [2.45, 2.75) is 18.2 Å². The Balaban J connectivity index is 3.16. The lowest BCUT2D eigenvalue weighted by molar-refractivity contribution is -0.139. The summed E-state index contributed by atoms with van der Waals surface area (Å²) >= 11 is 2.99. The van der Waals surface area contributed by atoms with Gasteiger partial charge in [-0.2, -0.15) is 0 Å². The van der Waals surface area contributed by atoms with E-state index in [1.807, 2.05) is 0 Å². The molecule has 0 spiro atoms. The van der Waals surface area contributed by atoms with Crippen molar-refractivity contribution in [2.75, 3.05) is 7.11 Å². The fourth-order valence-corrected chi connectivity index (χ4v) is 1.86. The van der Waals surface area contributed by atoms with Crippen molar-refractivity contribution in [2.24, 2.45) is 0 Å². The van der Waals surface area contributed by atoms with Crippen molar-refractivity contribution in [3.63, 3.8) is 0 Å². The molecule has 0 saturated carbocycles. The Hall–Kier alpha value is -1.11. The third-order valence-electron chi connectivity index (χ3n) is 2.14. The summed E-state index contributed by atoms with van der Waals surface area (Å²) in [7, 11) is 1.19. The minimum Gasteiger partial charge on any atom is -0.469 e. The molecule has 1 rings (SSSR count). The molecule has 0 aromatic carbocycles. The van der Waals surface area contributed by atoms with E-state index < -0.39 is 23.9 Å². The highest BCUT2D eigenvalue weighted by atomic mass is 79.9. The van der Waals surface area contributed by atoms with Crippen molar-refractivity contribution in [3.05, 3.63) is 28.8 Å². The Bertz CT molecular complexity index is 426. The number of carbonyl (C=O) groups excluding carboxylic acids is 1. The molecule has 0 N–H and O–H groups in total. The van der Waals surface area contributed by atoms with Gasteiger partial charge in [-0.05, 0) is 5.56 Å². The molecule has 0 aliphatic carbocycles. The summed E-state index contributed by atoms with van der Waals surface area (Å²) in [6, 6.07) is 0. The molecule has 0 saturated heterocycles. The van der Waals surface area contributed by atoms with Gasteiger partial charge in [0.25, 0.3) is 6.43 Å². The van der Waals surface area contributed by atoms with E-state index in [4.69, 9.17) is 0 Å². The molecule has 7 heteroatoms. The molecule has 0 aliphatic rings. The third kappa shape index (κ3) is 3.18. The zero-order valence-corrected chi connectivity index (χ0v) is 10.4. The van der Waals surface area contributed by atoms with Gasteiger partial charge in [0.05, 0.1) is 13.5 Å². The average Bonchev–Trinajstić information content (AvgIpc) is 2.28. The first-order valence-corrected chi connectivity index (χ1v) is 5.70. The van der Waals surface area contributed by atoms with Gasteiger partial charge in [0, 0.05) is 17.1 Å². The van der Waals surface area contributed by atoms with Crippen LogP contribution in [0.3, 0.4) is 0 Å². The number of ether oxygens (including phenoxy) is 1. The zero-order chi connectivity index (χ0) is 13.0. The van der Waals surface area contributed by atoms with Crippen LogP contribution in [0.1, 0.15) is 23.2 Å². The predicted molar refractivity (Wildman–Crippen MR) is 57.5 cm³/mol. The smallest absolute Gasteiger partial charge is 0.310 e. The minimum absolute atomic E-state index is 0.000648. The monoisotopic (exact) mass is 311 g/mol. The number of esters is 1. The molecule has 0 bridgehead atoms. The maximum absolute atomic E-state index is 13.6. The van der Waals surface area contributed by atoms with Crippen LogP contribution in [0.25, 0.3) is 0 Å². The molecule has 0 unspecified atom stereocenters. The largest absolute Gasteiger partial charge is 0.469 e. The number of hydrogen-bond donors (Lipinski definition) is 0. The highest BCUT2D eigenvalue weighted by molar-refractivity contribution is 9.08. The molecule has 0 fully saturated rings. The van der Waals surface area contributed by atoms with E-state index in [2.05, 4.69) is 25.7 Å². The molecular formula is C10H9BrF3NO2. The number of nitrogens with zero attached hydrogens (tertiary/aromatic N) is 1. The van der Waals surface area contributed by atoms with Gasteiger partial charge in [-0.15, -0.1) is 0 Å². The Morgan fingerprint density at radius 2 is 2.24 bits per heavy atom. The maximum atomic E-state index is 13.6. The van der Waals surface area contributed by atoms with Crippen molar-refractivity contribution in [3.8, 4) is 0 Å². The maximum Gasteiger partial charge on any atom is 0.310 e. The van der Waals surface area contributed by atoms with E-state index >= 15 is 0 Å². The number of hydrogen-bond acceptors (Lipinski definition) is 3. The summed E-state index contributed by atoms with van der Waals surface area (Å²) in [5.74, 6) is -1.67. The number of pyridine rings is 1. The quantitative estimate of drug-likeness (QED) is 0.634. The Labute approximate surface area is 104 Å². The van der Waals surface area contributed by atoms with Gasteiger partial charge in [-0.3, -0.25) is 9.78 Å². The minimum atomic E-state index is -2.99. The molecule has 0 amide bonds. The SMILES string of the molecule is COC(=O)Cc1cnc(C(F)F)c(F)c1CBr. The van der Waals surface area contributed by atoms with Gasteiger partial charge < -0.3 is 4.74 Å². The first-order chi connectivity index (χ1) is 8.01. The first-order valence-electron chi connectivity index (χ1n) is 4.58. The highest BCUT2D eigenvalue weighted by Gasteiger charge is 2.21. The van der Waals surface area contributed by atoms with Gasteiger partial charge in [-0.25, -0.2) is 13.2 Å². The van der Waals surface area contributed by atoms with Gasteiger partial charge in [0.1, 0.15) is 5.69 Å². The van der Waals surface area contributed by atoms with E-state index in [1.165, 1.54) is 7.11 Å². The van der Waals surface area contributed by atoms with Crippen molar-refractivity contribution >= 4 is 21.9 Å². The lowest BCUT2D eigenvalue weighted by Crippen LogP contribution is -2.10. The van der Waals surface area contributed by atoms with E-state index in [1.54, 1.807) is 0 Å². The molecule has 0 atom stereocenters. The molecule has 1 heterocycles. The second-order valence-corrected chi connectivity index (χ2v) is 3.71. The van der Waals surface area contributed by atoms with Crippen LogP contribution in [0.2, 0.25) is 0 Å². The first kappa shape index (κ1) is 14.0. The van der Waals surface area contributed by atoms with Crippen LogP contribution in [0, 0.1) is 5.82 Å².